The second-order valence-electron chi connectivity index (χ2n) is 15.1. The minimum atomic E-state index is -2.67. The molecule has 9 rings (SSSR count). The summed E-state index contributed by atoms with van der Waals surface area (Å²) >= 11 is 0. The second kappa shape index (κ2) is 18.4. The zero-order chi connectivity index (χ0) is 42.2. The van der Waals surface area contributed by atoms with Gasteiger partial charge in [-0.25, -0.2) is 9.43 Å². The van der Waals surface area contributed by atoms with Crippen molar-refractivity contribution in [2.45, 2.75) is 19.9 Å². The number of hydrogen-bond acceptors (Lipinski definition) is 4. The Balaban J connectivity index is 1.26. The predicted octanol–water partition coefficient (Wildman–Crippen LogP) is 12.0. The van der Waals surface area contributed by atoms with Crippen molar-refractivity contribution in [3.63, 3.8) is 0 Å². The van der Waals surface area contributed by atoms with Gasteiger partial charge in [0.25, 0.3) is 0 Å². The van der Waals surface area contributed by atoms with Gasteiger partial charge in [0, 0.05) is 43.6 Å². The van der Waals surface area contributed by atoms with E-state index in [1.807, 2.05) is 29.1 Å². The summed E-state index contributed by atoms with van der Waals surface area (Å²) in [6.45, 7) is 4.21. The fourth-order valence-corrected chi connectivity index (χ4v) is 15.2. The van der Waals surface area contributed by atoms with Crippen molar-refractivity contribution >= 4 is 63.7 Å². The van der Waals surface area contributed by atoms with E-state index in [0.29, 0.717) is 0 Å². The number of aromatic nitrogens is 2. The number of benzene rings is 8. The smallest absolute Gasteiger partial charge is 0.164 e. The largest absolute Gasteiger partial charge is 0.284 e. The summed E-state index contributed by atoms with van der Waals surface area (Å²) in [5.74, 6) is 0.759. The first-order chi connectivity index (χ1) is 30.6. The van der Waals surface area contributed by atoms with Crippen molar-refractivity contribution in [3.8, 4) is 5.69 Å². The van der Waals surface area contributed by atoms with Crippen LogP contribution in [0.2, 0.25) is 0 Å². The number of nitrogens with zero attached hydrogens (tertiary/aromatic N) is 5. The van der Waals surface area contributed by atoms with Crippen molar-refractivity contribution in [2.24, 2.45) is 14.5 Å². The van der Waals surface area contributed by atoms with Gasteiger partial charge in [0.1, 0.15) is 0 Å². The van der Waals surface area contributed by atoms with Crippen LogP contribution in [0.3, 0.4) is 0 Å². The highest BCUT2D eigenvalue weighted by Gasteiger charge is 2.31. The molecule has 0 amide bonds. The van der Waals surface area contributed by atoms with E-state index >= 15 is 0 Å². The van der Waals surface area contributed by atoms with E-state index in [1.165, 1.54) is 15.9 Å². The molecule has 0 saturated carbocycles. The lowest BCUT2D eigenvalue weighted by Gasteiger charge is -2.27. The molecule has 62 heavy (non-hydrogen) atoms. The van der Waals surface area contributed by atoms with Gasteiger partial charge in [-0.15, -0.1) is 0 Å². The van der Waals surface area contributed by atoms with Crippen molar-refractivity contribution < 1.29 is 0 Å². The molecular formula is C55H47N5P2. The van der Waals surface area contributed by atoms with Crippen LogP contribution in [0, 0.1) is 6.92 Å². The third-order valence-electron chi connectivity index (χ3n) is 11.2. The number of para-hydroxylation sites is 1. The maximum atomic E-state index is 6.02. The Morgan fingerprint density at radius 1 is 0.435 bits per heavy atom. The molecule has 8 aromatic carbocycles. The SMILES string of the molecule is Cc1nn(-c2ccccc2)c(N=P(c2ccccc2)(c2ccccc2)c2ccccc2)c1C=NC(C)c1ccccc1N=P(c1ccccc1)(c1ccccc1)c1ccccc1. The standard InChI is InChI=1S/C55H47N5P2/c1-43(52-40-24-25-41-54(52)58-61(46-28-12-4-13-29-46,47-30-14-5-15-31-47)48-32-16-6-17-33-48)56-42-53-44(2)57-60(45-26-10-3-11-27-45)55(53)59-62(49-34-18-7-19-35-49,50-36-20-8-21-37-50)51-38-22-9-23-39-51/h3-43H,1-2H3. The third-order valence-corrected chi connectivity index (χ3v) is 18.5. The summed E-state index contributed by atoms with van der Waals surface area (Å²) in [6, 6.07) is 83.0. The van der Waals surface area contributed by atoms with Gasteiger partial charge in [-0.3, -0.25) is 9.74 Å². The molecule has 1 unspecified atom stereocenters. The van der Waals surface area contributed by atoms with E-state index < -0.39 is 14.1 Å². The normalized spacial score (nSPS) is 12.2. The van der Waals surface area contributed by atoms with E-state index in [4.69, 9.17) is 19.6 Å². The molecule has 0 aliphatic heterocycles. The monoisotopic (exact) mass is 839 g/mol. The third kappa shape index (κ3) is 7.90. The van der Waals surface area contributed by atoms with E-state index in [9.17, 15) is 0 Å². The fourth-order valence-electron chi connectivity index (χ4n) is 8.13. The summed E-state index contributed by atoms with van der Waals surface area (Å²) < 4.78 is 13.9. The van der Waals surface area contributed by atoms with Crippen LogP contribution in [-0.2, 0) is 0 Å². The zero-order valence-electron chi connectivity index (χ0n) is 34.8. The number of aliphatic imine (C=N–C) groups is 1. The Hall–Kier alpha value is -6.90. The quantitative estimate of drug-likeness (QED) is 0.0893. The van der Waals surface area contributed by atoms with Crippen molar-refractivity contribution in [2.75, 3.05) is 0 Å². The summed E-state index contributed by atoms with van der Waals surface area (Å²) in [4.78, 5) is 5.38. The second-order valence-corrected chi connectivity index (χ2v) is 21.1. The molecule has 0 radical (unpaired) electrons. The number of rotatable bonds is 12. The Morgan fingerprint density at radius 3 is 1.18 bits per heavy atom. The van der Waals surface area contributed by atoms with E-state index in [2.05, 4.69) is 232 Å². The van der Waals surface area contributed by atoms with Gasteiger partial charge in [0.15, 0.2) is 5.82 Å². The van der Waals surface area contributed by atoms with Gasteiger partial charge in [-0.05, 0) is 32.0 Å². The first kappa shape index (κ1) is 40.5. The molecule has 1 atom stereocenters. The van der Waals surface area contributed by atoms with Gasteiger partial charge in [-0.1, -0.05) is 218 Å². The lowest BCUT2D eigenvalue weighted by atomic mass is 10.1. The molecule has 7 heteroatoms. The van der Waals surface area contributed by atoms with Crippen LogP contribution in [0.4, 0.5) is 11.5 Å². The summed E-state index contributed by atoms with van der Waals surface area (Å²) in [6.07, 6.45) is 1.99. The van der Waals surface area contributed by atoms with Crippen LogP contribution < -0.4 is 31.8 Å². The van der Waals surface area contributed by atoms with Crippen LogP contribution in [0.5, 0.6) is 0 Å². The molecule has 1 aromatic heterocycles. The minimum absolute atomic E-state index is 0.247. The number of aryl methyl sites for hydroxylation is 1. The highest BCUT2D eigenvalue weighted by Crippen LogP contribution is 2.52. The maximum absolute atomic E-state index is 6.02. The zero-order valence-corrected chi connectivity index (χ0v) is 36.6. The van der Waals surface area contributed by atoms with Gasteiger partial charge in [-0.2, -0.15) is 5.10 Å². The number of hydrogen-bond donors (Lipinski definition) is 0. The molecule has 0 fully saturated rings. The minimum Gasteiger partial charge on any atom is -0.284 e. The van der Waals surface area contributed by atoms with Gasteiger partial charge >= 0.3 is 0 Å². The Labute approximate surface area is 365 Å². The Kier molecular flexibility index (Phi) is 12.0. The van der Waals surface area contributed by atoms with Gasteiger partial charge in [0.05, 0.1) is 42.8 Å². The molecule has 0 N–H and O–H groups in total. The Morgan fingerprint density at radius 2 is 0.774 bits per heavy atom. The first-order valence-corrected chi connectivity index (χ1v) is 24.4. The molecule has 0 bridgehead atoms. The lowest BCUT2D eigenvalue weighted by Crippen LogP contribution is -2.25. The van der Waals surface area contributed by atoms with Crippen molar-refractivity contribution in [1.82, 2.24) is 9.78 Å². The topological polar surface area (TPSA) is 54.9 Å². The summed E-state index contributed by atoms with van der Waals surface area (Å²) in [5.41, 5.74) is 4.62. The van der Waals surface area contributed by atoms with Crippen LogP contribution >= 0.6 is 14.1 Å². The molecule has 302 valence electrons. The molecule has 0 aliphatic rings. The molecule has 0 aliphatic carbocycles. The Bertz CT molecular complexity index is 2820. The van der Waals surface area contributed by atoms with Crippen LogP contribution in [0.25, 0.3) is 5.69 Å². The molecule has 9 aromatic rings. The van der Waals surface area contributed by atoms with E-state index in [1.54, 1.807) is 0 Å². The molecule has 1 heterocycles. The van der Waals surface area contributed by atoms with E-state index in [-0.39, 0.29) is 6.04 Å². The average molecular weight is 840 g/mol. The van der Waals surface area contributed by atoms with Crippen LogP contribution in [0.15, 0.2) is 251 Å². The van der Waals surface area contributed by atoms with Crippen LogP contribution in [-0.4, -0.2) is 16.0 Å². The first-order valence-electron chi connectivity index (χ1n) is 20.9. The summed E-state index contributed by atoms with van der Waals surface area (Å²) in [7, 11) is -5.20. The maximum Gasteiger partial charge on any atom is 0.164 e. The molecule has 0 spiro atoms. The average Bonchev–Trinajstić information content (AvgIpc) is 3.67. The van der Waals surface area contributed by atoms with Crippen molar-refractivity contribution in [1.29, 1.82) is 0 Å². The molecule has 0 saturated heterocycles. The predicted molar refractivity (Wildman–Crippen MR) is 265 cm³/mol. The fraction of sp³-hybridized carbons (Fsp3) is 0.0545. The highest BCUT2D eigenvalue weighted by molar-refractivity contribution is 7.88. The summed E-state index contributed by atoms with van der Waals surface area (Å²) in [5, 5.41) is 12.3. The van der Waals surface area contributed by atoms with Gasteiger partial charge in [0.2, 0.25) is 0 Å². The lowest BCUT2D eigenvalue weighted by molar-refractivity contribution is 0.826. The molecular weight excluding hydrogens is 793 g/mol. The highest BCUT2D eigenvalue weighted by atomic mass is 31.2. The van der Waals surface area contributed by atoms with Crippen LogP contribution in [0.1, 0.15) is 29.8 Å². The van der Waals surface area contributed by atoms with Gasteiger partial charge < -0.3 is 0 Å². The van der Waals surface area contributed by atoms with E-state index in [0.717, 1.165) is 49.9 Å². The molecule has 5 nitrogen and oxygen atoms in total. The van der Waals surface area contributed by atoms with Crippen molar-refractivity contribution in [3.05, 3.63) is 253 Å².